The first-order chi connectivity index (χ1) is 20.0. The number of rotatable bonds is 9. The Labute approximate surface area is 236 Å². The molecule has 2 amide bonds. The fraction of sp³-hybridized carbons (Fsp3) is 0.240. The van der Waals surface area contributed by atoms with Crippen molar-refractivity contribution in [2.45, 2.75) is 19.6 Å². The highest BCUT2D eigenvalue weighted by atomic mass is 19.4. The molecule has 0 spiro atoms. The lowest BCUT2D eigenvalue weighted by Crippen LogP contribution is -2.38. The molecule has 17 heteroatoms. The number of hydrogen-bond donors (Lipinski definition) is 5. The number of fused-ring (bicyclic) bond motifs is 1. The third-order valence-corrected chi connectivity index (χ3v) is 5.58. The molecular weight excluding hydrogens is 561 g/mol. The lowest BCUT2D eigenvalue weighted by molar-refractivity contribution is -0.141. The number of nitrogens with two attached hydrogens (primary N) is 1. The number of imidazole rings is 1. The number of amides is 2. The van der Waals surface area contributed by atoms with Crippen LogP contribution in [0.15, 0.2) is 43.0 Å². The van der Waals surface area contributed by atoms with E-state index >= 15 is 0 Å². The Morgan fingerprint density at radius 2 is 1.98 bits per heavy atom. The normalized spacial score (nSPS) is 10.8. The molecule has 3 aromatic heterocycles. The number of anilines is 2. The molecule has 0 unspecified atom stereocenters. The zero-order valence-corrected chi connectivity index (χ0v) is 22.0. The molecule has 0 aliphatic rings. The number of nitrogens with zero attached hydrogens (tertiary/aromatic N) is 6. The monoisotopic (exact) mass is 586 g/mol. The van der Waals surface area contributed by atoms with Crippen LogP contribution in [0, 0.1) is 18.3 Å². The van der Waals surface area contributed by atoms with Crippen molar-refractivity contribution in [1.29, 1.82) is 5.26 Å². The Hall–Kier alpha value is -5.50. The van der Waals surface area contributed by atoms with E-state index in [1.807, 2.05) is 0 Å². The topological polar surface area (TPSA) is 205 Å². The van der Waals surface area contributed by atoms with Crippen LogP contribution < -0.4 is 21.7 Å². The highest BCUT2D eigenvalue weighted by Gasteiger charge is 2.38. The quantitative estimate of drug-likeness (QED) is 0.179. The lowest BCUT2D eigenvalue weighted by Gasteiger charge is -2.12. The first-order valence-electron chi connectivity index (χ1n) is 12.1. The van der Waals surface area contributed by atoms with Gasteiger partial charge in [0, 0.05) is 42.9 Å². The summed E-state index contributed by atoms with van der Waals surface area (Å²) >= 11 is 0. The number of benzene rings is 1. The number of aryl methyl sites for hydroxylation is 1. The van der Waals surface area contributed by atoms with E-state index in [2.05, 4.69) is 31.0 Å². The Morgan fingerprint density at radius 1 is 1.24 bits per heavy atom. The summed E-state index contributed by atoms with van der Waals surface area (Å²) in [7, 11) is 0. The summed E-state index contributed by atoms with van der Waals surface area (Å²) in [6, 6.07) is 6.65. The second-order valence-corrected chi connectivity index (χ2v) is 8.44. The van der Waals surface area contributed by atoms with Crippen molar-refractivity contribution < 1.29 is 32.7 Å². The standard InChI is InChI=1S/C24H23F3N10O2.CH2O2/c1-14-10-15(2-3-16(14)23(39)33-12-19(38)30-6-4-28)34-21-22-32-11-18(37(22)9-7-31-21)17-13-36(8-5-29)35-20(17)24(25,26)27;2-1-3/h2-3,7,9-11,13H,4,6,8,12,28H2,1H3,(H,30,38)(H,31,34)(H,33,39);1H,(H,2,3). The van der Waals surface area contributed by atoms with E-state index < -0.39 is 17.8 Å². The molecule has 0 saturated heterocycles. The summed E-state index contributed by atoms with van der Waals surface area (Å²) in [6.45, 7) is 1.52. The van der Waals surface area contributed by atoms with E-state index in [0.29, 0.717) is 23.4 Å². The fourth-order valence-corrected chi connectivity index (χ4v) is 3.84. The molecule has 0 atom stereocenters. The molecule has 3 heterocycles. The highest BCUT2D eigenvalue weighted by molar-refractivity contribution is 5.98. The summed E-state index contributed by atoms with van der Waals surface area (Å²) in [5.41, 5.74) is 5.84. The van der Waals surface area contributed by atoms with Crippen LogP contribution >= 0.6 is 0 Å². The van der Waals surface area contributed by atoms with Gasteiger partial charge >= 0.3 is 6.18 Å². The predicted octanol–water partition coefficient (Wildman–Crippen LogP) is 1.69. The second kappa shape index (κ2) is 13.7. The van der Waals surface area contributed by atoms with Crippen LogP contribution in [0.5, 0.6) is 0 Å². The van der Waals surface area contributed by atoms with Gasteiger partial charge in [-0.1, -0.05) is 0 Å². The van der Waals surface area contributed by atoms with Crippen LogP contribution in [-0.4, -0.2) is 67.2 Å². The molecule has 0 bridgehead atoms. The van der Waals surface area contributed by atoms with Crippen molar-refractivity contribution in [3.63, 3.8) is 0 Å². The molecule has 220 valence electrons. The van der Waals surface area contributed by atoms with E-state index in [4.69, 9.17) is 20.9 Å². The van der Waals surface area contributed by atoms with Crippen molar-refractivity contribution in [2.75, 3.05) is 25.0 Å². The summed E-state index contributed by atoms with van der Waals surface area (Å²) in [4.78, 5) is 41.1. The number of carbonyl (C=O) groups is 3. The number of hydrogen-bond acceptors (Lipinski definition) is 9. The van der Waals surface area contributed by atoms with Gasteiger partial charge in [0.2, 0.25) is 5.91 Å². The summed E-state index contributed by atoms with van der Waals surface area (Å²) < 4.78 is 43.3. The van der Waals surface area contributed by atoms with Gasteiger partial charge in [-0.15, -0.1) is 0 Å². The van der Waals surface area contributed by atoms with E-state index in [9.17, 15) is 22.8 Å². The average Bonchev–Trinajstić information content (AvgIpc) is 3.56. The predicted molar refractivity (Wildman–Crippen MR) is 142 cm³/mol. The molecule has 6 N–H and O–H groups in total. The van der Waals surface area contributed by atoms with Gasteiger partial charge in [0.15, 0.2) is 17.2 Å². The van der Waals surface area contributed by atoms with E-state index in [1.165, 1.54) is 23.0 Å². The Morgan fingerprint density at radius 3 is 2.62 bits per heavy atom. The van der Waals surface area contributed by atoms with Crippen molar-refractivity contribution in [3.05, 3.63) is 59.8 Å². The zero-order valence-electron chi connectivity index (χ0n) is 22.0. The average molecular weight is 587 g/mol. The zero-order chi connectivity index (χ0) is 30.9. The van der Waals surface area contributed by atoms with Crippen LogP contribution in [0.4, 0.5) is 24.7 Å². The lowest BCUT2D eigenvalue weighted by atomic mass is 10.1. The molecule has 0 aliphatic heterocycles. The van der Waals surface area contributed by atoms with Gasteiger partial charge in [-0.2, -0.15) is 23.5 Å². The molecule has 0 saturated carbocycles. The van der Waals surface area contributed by atoms with Gasteiger partial charge in [-0.25, -0.2) is 9.97 Å². The minimum atomic E-state index is -4.74. The minimum Gasteiger partial charge on any atom is -0.483 e. The fourth-order valence-electron chi connectivity index (χ4n) is 3.84. The molecular formula is C25H25F3N10O4. The van der Waals surface area contributed by atoms with E-state index in [0.717, 1.165) is 10.9 Å². The molecule has 0 aliphatic carbocycles. The minimum absolute atomic E-state index is 0.116. The van der Waals surface area contributed by atoms with Gasteiger partial charge in [0.25, 0.3) is 12.4 Å². The van der Waals surface area contributed by atoms with Crippen molar-refractivity contribution in [1.82, 2.24) is 34.8 Å². The maximum Gasteiger partial charge on any atom is 0.435 e. The molecule has 42 heavy (non-hydrogen) atoms. The summed E-state index contributed by atoms with van der Waals surface area (Å²) in [5, 5.41) is 27.5. The third-order valence-electron chi connectivity index (χ3n) is 5.58. The number of carbonyl (C=O) groups excluding carboxylic acids is 2. The van der Waals surface area contributed by atoms with Crippen molar-refractivity contribution in [2.24, 2.45) is 5.73 Å². The second-order valence-electron chi connectivity index (χ2n) is 8.44. The Bertz CT molecular complexity index is 1620. The Kier molecular flexibility index (Phi) is 10.1. The third kappa shape index (κ3) is 7.37. The maximum absolute atomic E-state index is 13.7. The molecule has 0 fully saturated rings. The van der Waals surface area contributed by atoms with Gasteiger partial charge in [0.1, 0.15) is 6.54 Å². The maximum atomic E-state index is 13.7. The van der Waals surface area contributed by atoms with Crippen molar-refractivity contribution >= 4 is 35.4 Å². The molecule has 4 aromatic rings. The van der Waals surface area contributed by atoms with Crippen LogP contribution in [0.3, 0.4) is 0 Å². The highest BCUT2D eigenvalue weighted by Crippen LogP contribution is 2.36. The number of aromatic nitrogens is 5. The summed E-state index contributed by atoms with van der Waals surface area (Å²) in [6.07, 6.45) is 0.546. The molecule has 4 rings (SSSR count). The number of nitrogens with one attached hydrogen (secondary N) is 3. The van der Waals surface area contributed by atoms with Crippen LogP contribution in [0.1, 0.15) is 21.6 Å². The molecule has 1 aromatic carbocycles. The van der Waals surface area contributed by atoms with Gasteiger partial charge in [-0.3, -0.25) is 23.5 Å². The first-order valence-corrected chi connectivity index (χ1v) is 12.1. The smallest absolute Gasteiger partial charge is 0.435 e. The number of nitriles is 1. The van der Waals surface area contributed by atoms with Gasteiger partial charge < -0.3 is 26.8 Å². The number of alkyl halides is 3. The van der Waals surface area contributed by atoms with Crippen LogP contribution in [-0.2, 0) is 22.3 Å². The first kappa shape index (κ1) is 31.0. The SMILES string of the molecule is Cc1cc(Nc2nccn3c(-c4cn(CC#N)nc4C(F)(F)F)cnc23)ccc1C(=O)NCC(=O)NCCN.O=CO. The van der Waals surface area contributed by atoms with Crippen LogP contribution in [0.2, 0.25) is 0 Å². The van der Waals surface area contributed by atoms with E-state index in [-0.39, 0.29) is 54.7 Å². The van der Waals surface area contributed by atoms with Crippen LogP contribution in [0.25, 0.3) is 16.9 Å². The molecule has 14 nitrogen and oxygen atoms in total. The summed E-state index contributed by atoms with van der Waals surface area (Å²) in [5.74, 6) is -0.532. The number of halogens is 3. The number of carboxylic acid groups (broad SMARTS) is 1. The van der Waals surface area contributed by atoms with Gasteiger partial charge in [-0.05, 0) is 30.7 Å². The Balaban J connectivity index is 0.00000155. The van der Waals surface area contributed by atoms with E-state index in [1.54, 1.807) is 31.2 Å². The largest absolute Gasteiger partial charge is 0.483 e. The van der Waals surface area contributed by atoms with Crippen molar-refractivity contribution in [3.8, 4) is 17.3 Å². The van der Waals surface area contributed by atoms with Gasteiger partial charge in [0.05, 0.1) is 30.1 Å². The molecule has 0 radical (unpaired) electrons.